The maximum Gasteiger partial charge on any atom is 0.216 e. The monoisotopic (exact) mass is 1990 g/mol. The van der Waals surface area contributed by atoms with Crippen LogP contribution in [0.3, 0.4) is 0 Å². The number of unbranched alkanes of at least 4 members (excludes halogenated alkanes) is 3. The average molecular weight is 1990 g/mol. The number of nitrogens with one attached hydrogen (secondary N) is 2. The Bertz CT molecular complexity index is 3360. The topological polar surface area (TPSA) is 249 Å². The molecule has 0 unspecified atom stereocenters. The first-order valence-corrected chi connectivity index (χ1v) is 81.2. The second-order valence-electron chi connectivity index (χ2n) is 35.8. The number of carbonyl (C=O) groups is 4. The van der Waals surface area contributed by atoms with Crippen molar-refractivity contribution >= 4 is 209 Å². The molecule has 38 heteroatoms. The molecule has 0 aliphatic carbocycles. The molecule has 119 heavy (non-hydrogen) atoms. The average Bonchev–Trinajstić information content (AvgIpc) is 0.880. The second kappa shape index (κ2) is 67.0. The molecule has 0 aromatic carbocycles. The zero-order valence-electron chi connectivity index (χ0n) is 77.3. The minimum Gasteiger partial charge on any atom is -0.455 e. The summed E-state index contributed by atoms with van der Waals surface area (Å²) in [7, 11) is -15.4. The van der Waals surface area contributed by atoms with Gasteiger partial charge in [-0.3, -0.25) is 4.79 Å². The Balaban J connectivity index is 0. The Hall–Kier alpha value is -1.33. The van der Waals surface area contributed by atoms with Gasteiger partial charge in [0.2, 0.25) is 5.91 Å². The predicted molar refractivity (Wildman–Crippen MR) is 545 cm³/mol. The SMILES string of the molecule is CC(=O)CCCC[Si](C)(C)O[Si](C)(C)CCCCC(C)=O.CC(=O)CCCC[Si](C)(C)O[Si](C)(C)CCCSc1ncccn1.CC(=O)NCCC[Si](C)(C)Cl.C[Si](C)(CCCCl)O[Si](C)(C)CCCCl.C[Si](C)(CCCSc1ncccn1)O[Si](C)(C)CCCSc1ncccn1.C[Si](C)(Cl)CCCSc1ncccn1.S=c1nccc[nH]1. The van der Waals surface area contributed by atoms with Gasteiger partial charge in [0.05, 0.1) is 0 Å². The maximum atomic E-state index is 11.0. The first kappa shape index (κ1) is 120. The van der Waals surface area contributed by atoms with Gasteiger partial charge in [0.15, 0.2) is 107 Å². The number of aromatic nitrogens is 10. The molecule has 0 saturated heterocycles. The van der Waals surface area contributed by atoms with Crippen LogP contribution in [0, 0.1) is 4.77 Å². The first-order valence-electron chi connectivity index (χ1n) is 42.4. The maximum absolute atomic E-state index is 11.0. The predicted octanol–water partition coefficient (Wildman–Crippen LogP) is 26.6. The van der Waals surface area contributed by atoms with Gasteiger partial charge in [0.1, 0.15) is 17.3 Å². The van der Waals surface area contributed by atoms with Gasteiger partial charge in [0.25, 0.3) is 0 Å². The van der Waals surface area contributed by atoms with Gasteiger partial charge in [-0.05, 0) is 293 Å². The van der Waals surface area contributed by atoms with E-state index in [1.54, 1.807) is 136 Å². The molecule has 0 bridgehead atoms. The molecule has 5 aromatic heterocycles. The number of Topliss-reactive ketones (excluding diaryl/α,β-unsaturated/α-hetero) is 3. The van der Waals surface area contributed by atoms with Gasteiger partial charge in [0, 0.05) is 129 Å². The van der Waals surface area contributed by atoms with Crippen molar-refractivity contribution in [1.29, 1.82) is 0 Å². The van der Waals surface area contributed by atoms with Crippen molar-refractivity contribution in [3.05, 3.63) is 97.1 Å². The lowest BCUT2D eigenvalue weighted by molar-refractivity contribution is -0.119. The number of H-pyrrole nitrogens is 1. The van der Waals surface area contributed by atoms with Crippen molar-refractivity contribution in [2.45, 2.75) is 342 Å². The molecule has 0 spiro atoms. The van der Waals surface area contributed by atoms with E-state index in [1.165, 1.54) is 37.1 Å². The van der Waals surface area contributed by atoms with Gasteiger partial charge >= 0.3 is 0 Å². The summed E-state index contributed by atoms with van der Waals surface area (Å²) in [4.78, 5) is 83.7. The number of thioether (sulfide) groups is 4. The van der Waals surface area contributed by atoms with Crippen molar-refractivity contribution in [3.63, 3.8) is 0 Å². The molecule has 0 fully saturated rings. The van der Waals surface area contributed by atoms with Crippen LogP contribution in [0.4, 0.5) is 0 Å². The highest BCUT2D eigenvalue weighted by Crippen LogP contribution is 2.31. The molecule has 5 aromatic rings. The highest BCUT2D eigenvalue weighted by Gasteiger charge is 2.36. The summed E-state index contributed by atoms with van der Waals surface area (Å²) < 4.78 is 26.8. The van der Waals surface area contributed by atoms with E-state index in [9.17, 15) is 19.2 Å². The summed E-state index contributed by atoms with van der Waals surface area (Å²) in [5.74, 6) is 6.64. The van der Waals surface area contributed by atoms with E-state index in [1.807, 2.05) is 24.3 Å². The van der Waals surface area contributed by atoms with Gasteiger partial charge < -0.3 is 41.1 Å². The zero-order chi connectivity index (χ0) is 90.6. The van der Waals surface area contributed by atoms with Crippen molar-refractivity contribution in [2.24, 2.45) is 0 Å². The van der Waals surface area contributed by atoms with Gasteiger partial charge in [-0.25, -0.2) is 44.9 Å². The number of hydrogen-bond donors (Lipinski definition) is 2. The molecular weight excluding hydrogens is 1840 g/mol. The molecule has 0 aliphatic heterocycles. The summed E-state index contributed by atoms with van der Waals surface area (Å²) in [5.41, 5.74) is 0. The Labute approximate surface area is 773 Å². The molecular formula is C81H155Cl4N11O8S5Si10. The van der Waals surface area contributed by atoms with E-state index in [2.05, 4.69) is 198 Å². The number of carbonyl (C=O) groups excluding carboxylic acids is 4. The lowest BCUT2D eigenvalue weighted by atomic mass is 10.2. The van der Waals surface area contributed by atoms with Crippen molar-refractivity contribution < 1.29 is 35.6 Å². The summed E-state index contributed by atoms with van der Waals surface area (Å²) in [5, 5.41) is 6.20. The van der Waals surface area contributed by atoms with E-state index in [0.717, 1.165) is 176 Å². The number of hydrogen-bond acceptors (Lipinski definition) is 22. The van der Waals surface area contributed by atoms with Crippen LogP contribution >= 0.6 is 105 Å². The van der Waals surface area contributed by atoms with Crippen LogP contribution in [0.25, 0.3) is 0 Å². The van der Waals surface area contributed by atoms with Gasteiger partial charge in [-0.2, -0.15) is 22.2 Å². The molecule has 0 atom stereocenters. The van der Waals surface area contributed by atoms with E-state index in [4.69, 9.17) is 61.8 Å². The van der Waals surface area contributed by atoms with Gasteiger partial charge in [-0.1, -0.05) is 92.5 Å². The van der Waals surface area contributed by atoms with Crippen molar-refractivity contribution in [2.75, 3.05) is 41.3 Å². The zero-order valence-corrected chi connectivity index (χ0v) is 94.4. The molecule has 680 valence electrons. The number of nitrogens with zero attached hydrogens (tertiary/aromatic N) is 9. The largest absolute Gasteiger partial charge is 0.455 e. The lowest BCUT2D eigenvalue weighted by Crippen LogP contribution is -2.44. The minimum atomic E-state index is -1.62. The van der Waals surface area contributed by atoms with Crippen LogP contribution in [0.15, 0.2) is 113 Å². The quantitative estimate of drug-likeness (QED) is 0.00698. The van der Waals surface area contributed by atoms with E-state index in [0.29, 0.717) is 29.8 Å². The van der Waals surface area contributed by atoms with Crippen LogP contribution in [0.5, 0.6) is 0 Å². The number of halogens is 4. The third kappa shape index (κ3) is 82.1. The number of aromatic amines is 1. The molecule has 5 heterocycles. The molecule has 1 amide bonds. The molecule has 2 N–H and O–H groups in total. The fraction of sp³-hybridized carbons (Fsp3) is 0.704. The molecule has 0 radical (unpaired) electrons. The Kier molecular flexibility index (Phi) is 67.4. The van der Waals surface area contributed by atoms with Crippen LogP contribution in [0.2, 0.25) is 191 Å². The third-order valence-corrected chi connectivity index (χ3v) is 56.4. The fourth-order valence-electron chi connectivity index (χ4n) is 12.3. The van der Waals surface area contributed by atoms with Crippen molar-refractivity contribution in [3.8, 4) is 0 Å². The smallest absolute Gasteiger partial charge is 0.216 e. The van der Waals surface area contributed by atoms with Crippen LogP contribution < -0.4 is 5.32 Å². The van der Waals surface area contributed by atoms with Gasteiger partial charge in [-0.15, -0.1) is 23.2 Å². The lowest BCUT2D eigenvalue weighted by Gasteiger charge is -2.34. The summed E-state index contributed by atoms with van der Waals surface area (Å²) in [6, 6.07) is 20.7. The molecule has 5 rings (SSSR count). The first-order chi connectivity index (χ1) is 55.3. The highest BCUT2D eigenvalue weighted by molar-refractivity contribution is 7.99. The van der Waals surface area contributed by atoms with Crippen LogP contribution in [-0.4, -0.2) is 196 Å². The Morgan fingerprint density at radius 3 is 0.765 bits per heavy atom. The fourth-order valence-corrected chi connectivity index (χ4v) is 55.6. The Morgan fingerprint density at radius 1 is 0.336 bits per heavy atom. The highest BCUT2D eigenvalue weighted by atomic mass is 35.6. The van der Waals surface area contributed by atoms with E-state index >= 15 is 0 Å². The number of alkyl halides is 2. The standard InChI is InChI=1S/C18H30N4OS2Si2.C17H32N2O2SSi2.C16H34O3Si2.C10H24Cl2OSi2.C9H15ClN2SSi.C7H16ClNOSi.C4H4N2S/c1-26(2,15-7-13-24-17-19-9-5-10-20-17)23-27(3,4)16-8-14-25-18-21-11-6-12-22-18;1-16(20)10-6-7-14-23(2,3)21-24(4,5)15-9-13-22-17-18-11-8-12-19-17;1-15(17)11-7-9-13-20(3,4)19-21(5,6)14-10-8-12-16(2)18;1-14(2,9-5-7-11)13-15(3,4)10-6-8-12;1-14(2,10)8-4-7-13-9-11-5-3-6-12-9;1-7(10)9-5-4-6-11(2,3)8;7-4-5-2-1-3-6-4/h5-6,9-12H,7-8,13-16H2,1-4H3;8,11-12H,6-7,9-10,13-15H2,1-5H3;7-14H2,1-6H3;5-10H2,1-4H3;3,5-6H,4,7-8H2,1-2H3;4-6H2,1-3H3,(H,9,10);1-3H,(H,5,6,7). The summed E-state index contributed by atoms with van der Waals surface area (Å²) in [6.07, 6.45) is 34.0. The van der Waals surface area contributed by atoms with Crippen molar-refractivity contribution in [1.82, 2.24) is 55.2 Å². The number of rotatable bonds is 53. The van der Waals surface area contributed by atoms with E-state index in [-0.39, 0.29) is 17.5 Å². The third-order valence-electron chi connectivity index (χ3n) is 17.4. The number of amides is 1. The summed E-state index contributed by atoms with van der Waals surface area (Å²) >= 11 is 35.3. The molecule has 0 aliphatic rings. The van der Waals surface area contributed by atoms with E-state index < -0.39 is 81.3 Å². The number of ketones is 3. The molecule has 0 saturated carbocycles. The Morgan fingerprint density at radius 2 is 0.563 bits per heavy atom. The second-order valence-corrected chi connectivity index (χ2v) is 90.7. The van der Waals surface area contributed by atoms with Crippen LogP contribution in [0.1, 0.15) is 130 Å². The molecule has 19 nitrogen and oxygen atoms in total. The normalized spacial score (nSPS) is 12.1. The summed E-state index contributed by atoms with van der Waals surface area (Å²) in [6.45, 7) is 53.0. The van der Waals surface area contributed by atoms with Crippen LogP contribution in [-0.2, 0) is 35.6 Å². The minimum absolute atomic E-state index is 0.0408.